The number of benzene rings is 1. The van der Waals surface area contributed by atoms with Gasteiger partial charge in [0.2, 0.25) is 5.91 Å². The normalized spacial score (nSPS) is 15.3. The summed E-state index contributed by atoms with van der Waals surface area (Å²) >= 11 is 0. The number of nitrogens with zero attached hydrogens (tertiary/aromatic N) is 3. The minimum atomic E-state index is -0.373. The van der Waals surface area contributed by atoms with Gasteiger partial charge in [0.15, 0.2) is 0 Å². The van der Waals surface area contributed by atoms with E-state index in [2.05, 4.69) is 10.2 Å². The van der Waals surface area contributed by atoms with Crippen molar-refractivity contribution in [2.24, 2.45) is 5.41 Å². The third-order valence-electron chi connectivity index (χ3n) is 4.12. The topological polar surface area (TPSA) is 78.7 Å². The Morgan fingerprint density at radius 2 is 1.88 bits per heavy atom. The van der Waals surface area contributed by atoms with Gasteiger partial charge in [-0.05, 0) is 19.1 Å². The largest absolute Gasteiger partial charge is 0.380 e. The van der Waals surface area contributed by atoms with Gasteiger partial charge in [-0.15, -0.1) is 0 Å². The molecule has 132 valence electrons. The molecule has 0 bridgehead atoms. The molecule has 2 rings (SSSR count). The second-order valence-electron chi connectivity index (χ2n) is 7.02. The number of nitro benzene ring substituents is 1. The number of carbonyl (C=O) groups is 1. The standard InChI is InChI=1S/C17H26N4O3/c1-5-18-14-12-13(6-7-15(14)21(23)24)19-8-10-20(11-9-19)16(22)17(2,3)4/h6-7,12,18H,5,8-11H2,1-4H3. The third-order valence-corrected chi connectivity index (χ3v) is 4.12. The molecule has 1 fully saturated rings. The van der Waals surface area contributed by atoms with E-state index in [1.165, 1.54) is 0 Å². The number of nitrogens with one attached hydrogen (secondary N) is 1. The molecule has 0 atom stereocenters. The molecule has 1 N–H and O–H groups in total. The van der Waals surface area contributed by atoms with Gasteiger partial charge in [-0.3, -0.25) is 14.9 Å². The number of carbonyl (C=O) groups excluding carboxylic acids is 1. The summed E-state index contributed by atoms with van der Waals surface area (Å²) in [7, 11) is 0. The van der Waals surface area contributed by atoms with E-state index in [4.69, 9.17) is 0 Å². The van der Waals surface area contributed by atoms with Crippen LogP contribution in [-0.2, 0) is 4.79 Å². The number of hydrogen-bond acceptors (Lipinski definition) is 5. The highest BCUT2D eigenvalue weighted by Crippen LogP contribution is 2.30. The van der Waals surface area contributed by atoms with E-state index in [1.54, 1.807) is 12.1 Å². The number of amides is 1. The van der Waals surface area contributed by atoms with Gasteiger partial charge in [0.05, 0.1) is 4.92 Å². The smallest absolute Gasteiger partial charge is 0.292 e. The van der Waals surface area contributed by atoms with Crippen LogP contribution in [0.2, 0.25) is 0 Å². The summed E-state index contributed by atoms with van der Waals surface area (Å²) in [6, 6.07) is 5.14. The first-order valence-electron chi connectivity index (χ1n) is 8.30. The Morgan fingerprint density at radius 3 is 2.38 bits per heavy atom. The van der Waals surface area contributed by atoms with Crippen LogP contribution in [0.15, 0.2) is 18.2 Å². The summed E-state index contributed by atoms with van der Waals surface area (Å²) in [6.45, 7) is 11.1. The van der Waals surface area contributed by atoms with E-state index in [0.717, 1.165) is 18.8 Å². The molecular weight excluding hydrogens is 308 g/mol. The second-order valence-corrected chi connectivity index (χ2v) is 7.02. The van der Waals surface area contributed by atoms with Crippen molar-refractivity contribution in [2.75, 3.05) is 42.9 Å². The van der Waals surface area contributed by atoms with Crippen molar-refractivity contribution < 1.29 is 9.72 Å². The van der Waals surface area contributed by atoms with Gasteiger partial charge in [-0.2, -0.15) is 0 Å². The van der Waals surface area contributed by atoms with Gasteiger partial charge in [-0.1, -0.05) is 20.8 Å². The highest BCUT2D eigenvalue weighted by atomic mass is 16.6. The van der Waals surface area contributed by atoms with E-state index < -0.39 is 0 Å². The quantitative estimate of drug-likeness (QED) is 0.676. The van der Waals surface area contributed by atoms with Crippen LogP contribution in [0.3, 0.4) is 0 Å². The fourth-order valence-electron chi connectivity index (χ4n) is 2.85. The molecule has 0 radical (unpaired) electrons. The zero-order valence-corrected chi connectivity index (χ0v) is 14.8. The molecule has 0 saturated carbocycles. The highest BCUT2D eigenvalue weighted by molar-refractivity contribution is 5.81. The van der Waals surface area contributed by atoms with Crippen molar-refractivity contribution in [3.8, 4) is 0 Å². The lowest BCUT2D eigenvalue weighted by molar-refractivity contribution is -0.383. The number of rotatable bonds is 4. The maximum atomic E-state index is 12.3. The average molecular weight is 334 g/mol. The highest BCUT2D eigenvalue weighted by Gasteiger charge is 2.30. The fourth-order valence-corrected chi connectivity index (χ4v) is 2.85. The zero-order chi connectivity index (χ0) is 17.9. The van der Waals surface area contributed by atoms with E-state index in [-0.39, 0.29) is 21.9 Å². The van der Waals surface area contributed by atoms with E-state index in [0.29, 0.717) is 25.3 Å². The molecule has 0 aromatic heterocycles. The Balaban J connectivity index is 2.10. The monoisotopic (exact) mass is 334 g/mol. The minimum absolute atomic E-state index is 0.0853. The molecule has 1 aromatic carbocycles. The Bertz CT molecular complexity index is 617. The summed E-state index contributed by atoms with van der Waals surface area (Å²) in [6.07, 6.45) is 0. The van der Waals surface area contributed by atoms with Crippen molar-refractivity contribution >= 4 is 23.0 Å². The van der Waals surface area contributed by atoms with Crippen molar-refractivity contribution in [2.45, 2.75) is 27.7 Å². The molecule has 1 aliphatic heterocycles. The summed E-state index contributed by atoms with van der Waals surface area (Å²) in [5.41, 5.74) is 1.20. The molecule has 1 aromatic rings. The van der Waals surface area contributed by atoms with Crippen molar-refractivity contribution in [1.82, 2.24) is 4.90 Å². The van der Waals surface area contributed by atoms with Gasteiger partial charge in [0.25, 0.3) is 5.69 Å². The fraction of sp³-hybridized carbons (Fsp3) is 0.588. The van der Waals surface area contributed by atoms with Crippen LogP contribution in [0.4, 0.5) is 17.1 Å². The number of hydrogen-bond donors (Lipinski definition) is 1. The Kier molecular flexibility index (Phi) is 5.31. The summed E-state index contributed by atoms with van der Waals surface area (Å²) in [5.74, 6) is 0.166. The molecule has 7 heteroatoms. The number of anilines is 2. The van der Waals surface area contributed by atoms with E-state index in [1.807, 2.05) is 38.7 Å². The average Bonchev–Trinajstić information content (AvgIpc) is 2.53. The first kappa shape index (κ1) is 18.0. The van der Waals surface area contributed by atoms with E-state index >= 15 is 0 Å². The van der Waals surface area contributed by atoms with Crippen LogP contribution < -0.4 is 10.2 Å². The molecule has 1 aliphatic rings. The van der Waals surface area contributed by atoms with Gasteiger partial charge < -0.3 is 15.1 Å². The molecule has 0 aliphatic carbocycles. The lowest BCUT2D eigenvalue weighted by Gasteiger charge is -2.38. The van der Waals surface area contributed by atoms with Crippen LogP contribution >= 0.6 is 0 Å². The molecule has 1 heterocycles. The van der Waals surface area contributed by atoms with Crippen LogP contribution in [0.25, 0.3) is 0 Å². The summed E-state index contributed by atoms with van der Waals surface area (Å²) in [4.78, 5) is 27.1. The van der Waals surface area contributed by atoms with Crippen LogP contribution in [0, 0.1) is 15.5 Å². The Hall–Kier alpha value is -2.31. The lowest BCUT2D eigenvalue weighted by atomic mass is 9.94. The van der Waals surface area contributed by atoms with Crippen molar-refractivity contribution in [1.29, 1.82) is 0 Å². The van der Waals surface area contributed by atoms with Crippen LogP contribution in [-0.4, -0.2) is 48.5 Å². The second kappa shape index (κ2) is 7.07. The van der Waals surface area contributed by atoms with Gasteiger partial charge >= 0.3 is 0 Å². The Morgan fingerprint density at radius 1 is 1.25 bits per heavy atom. The summed E-state index contributed by atoms with van der Waals surface area (Å²) < 4.78 is 0. The third kappa shape index (κ3) is 3.96. The van der Waals surface area contributed by atoms with Gasteiger partial charge in [0, 0.05) is 49.9 Å². The van der Waals surface area contributed by atoms with Gasteiger partial charge in [-0.25, -0.2) is 0 Å². The molecule has 0 unspecified atom stereocenters. The molecule has 0 spiro atoms. The maximum absolute atomic E-state index is 12.3. The van der Waals surface area contributed by atoms with Crippen molar-refractivity contribution in [3.05, 3.63) is 28.3 Å². The molecule has 7 nitrogen and oxygen atoms in total. The molecule has 24 heavy (non-hydrogen) atoms. The molecule has 1 saturated heterocycles. The van der Waals surface area contributed by atoms with Crippen LogP contribution in [0.1, 0.15) is 27.7 Å². The molecule has 1 amide bonds. The first-order valence-corrected chi connectivity index (χ1v) is 8.30. The predicted octanol–water partition coefficient (Wildman–Crippen LogP) is 2.72. The SMILES string of the molecule is CCNc1cc(N2CCN(C(=O)C(C)(C)C)CC2)ccc1[N+](=O)[O-]. The van der Waals surface area contributed by atoms with Gasteiger partial charge in [0.1, 0.15) is 5.69 Å². The Labute approximate surface area is 142 Å². The maximum Gasteiger partial charge on any atom is 0.292 e. The number of nitro groups is 1. The lowest BCUT2D eigenvalue weighted by Crippen LogP contribution is -2.51. The van der Waals surface area contributed by atoms with E-state index in [9.17, 15) is 14.9 Å². The predicted molar refractivity (Wildman–Crippen MR) is 95.5 cm³/mol. The zero-order valence-electron chi connectivity index (χ0n) is 14.8. The minimum Gasteiger partial charge on any atom is -0.380 e. The number of piperazine rings is 1. The summed E-state index contributed by atoms with van der Waals surface area (Å²) in [5, 5.41) is 14.2. The first-order chi connectivity index (χ1) is 11.2. The molecular formula is C17H26N4O3. The van der Waals surface area contributed by atoms with Crippen LogP contribution in [0.5, 0.6) is 0 Å². The van der Waals surface area contributed by atoms with Crippen molar-refractivity contribution in [3.63, 3.8) is 0 Å².